The topological polar surface area (TPSA) is 95.9 Å². The van der Waals surface area contributed by atoms with Crippen molar-refractivity contribution >= 4 is 17.8 Å². The number of benzene rings is 1. The van der Waals surface area contributed by atoms with Crippen molar-refractivity contribution in [3.05, 3.63) is 29.8 Å². The summed E-state index contributed by atoms with van der Waals surface area (Å²) in [4.78, 5) is 38.0. The normalized spacial score (nSPS) is 20.7. The Hall–Kier alpha value is -2.57. The van der Waals surface area contributed by atoms with Crippen molar-refractivity contribution in [2.24, 2.45) is 5.92 Å². The molecule has 3 atom stereocenters. The first kappa shape index (κ1) is 19.8. The van der Waals surface area contributed by atoms with E-state index in [2.05, 4.69) is 5.32 Å². The second kappa shape index (κ2) is 8.69. The van der Waals surface area contributed by atoms with Gasteiger partial charge in [0.1, 0.15) is 11.8 Å². The molecule has 0 bridgehead atoms. The van der Waals surface area contributed by atoms with Crippen LogP contribution in [-0.4, -0.2) is 47.5 Å². The molecule has 2 rings (SSSR count). The molecule has 1 aromatic rings. The van der Waals surface area contributed by atoms with E-state index in [0.717, 1.165) is 18.4 Å². The Labute approximate surface area is 153 Å². The van der Waals surface area contributed by atoms with Crippen LogP contribution in [0, 0.1) is 5.92 Å². The number of nitrogens with one attached hydrogen (secondary N) is 1. The molecule has 7 nitrogen and oxygen atoms in total. The van der Waals surface area contributed by atoms with Gasteiger partial charge in [-0.25, -0.2) is 0 Å². The lowest BCUT2D eigenvalue weighted by molar-refractivity contribution is -0.142. The van der Waals surface area contributed by atoms with Crippen LogP contribution in [0.25, 0.3) is 0 Å². The number of aliphatic carboxylic acids is 1. The summed E-state index contributed by atoms with van der Waals surface area (Å²) in [5, 5.41) is 11.5. The molecule has 142 valence electrons. The minimum atomic E-state index is -1.11. The molecule has 1 heterocycles. The molecular formula is C19H26N2O5. The molecule has 7 heteroatoms. The lowest BCUT2D eigenvalue weighted by Gasteiger charge is -2.28. The third kappa shape index (κ3) is 4.33. The van der Waals surface area contributed by atoms with Crippen molar-refractivity contribution in [1.29, 1.82) is 0 Å². The van der Waals surface area contributed by atoms with Crippen molar-refractivity contribution in [2.75, 3.05) is 13.7 Å². The number of unbranched alkanes of at least 4 members (excludes halogenated alkanes) is 1. The fraction of sp³-hybridized carbons (Fsp3) is 0.526. The van der Waals surface area contributed by atoms with Crippen molar-refractivity contribution in [1.82, 2.24) is 10.2 Å². The van der Waals surface area contributed by atoms with E-state index in [-0.39, 0.29) is 12.3 Å². The molecule has 0 saturated carbocycles. The maximum absolute atomic E-state index is 12.7. The summed E-state index contributed by atoms with van der Waals surface area (Å²) < 4.78 is 5.17. The van der Waals surface area contributed by atoms with E-state index in [0.29, 0.717) is 12.3 Å². The Bertz CT molecular complexity index is 658. The van der Waals surface area contributed by atoms with Gasteiger partial charge in [0.05, 0.1) is 19.1 Å². The van der Waals surface area contributed by atoms with Gasteiger partial charge in [-0.1, -0.05) is 25.5 Å². The van der Waals surface area contributed by atoms with E-state index in [1.807, 2.05) is 19.1 Å². The number of hydrogen-bond donors (Lipinski definition) is 2. The molecule has 1 fully saturated rings. The molecule has 1 aromatic carbocycles. The summed E-state index contributed by atoms with van der Waals surface area (Å²) in [5.41, 5.74) is 0.843. The van der Waals surface area contributed by atoms with Crippen LogP contribution in [-0.2, 0) is 14.4 Å². The SMILES string of the molecule is CCCCN1C(=O)CC(C(=O)N[C@H](C)C(=O)O)C1c1ccc(OC)cc1. The zero-order valence-corrected chi connectivity index (χ0v) is 15.4. The summed E-state index contributed by atoms with van der Waals surface area (Å²) in [7, 11) is 1.57. The number of likely N-dealkylation sites (tertiary alicyclic amines) is 1. The summed E-state index contributed by atoms with van der Waals surface area (Å²) in [6.07, 6.45) is 1.86. The number of carboxylic acids is 1. The molecule has 0 spiro atoms. The first-order valence-electron chi connectivity index (χ1n) is 8.85. The number of nitrogens with zero attached hydrogens (tertiary/aromatic N) is 1. The quantitative estimate of drug-likeness (QED) is 0.737. The van der Waals surface area contributed by atoms with Gasteiger partial charge in [-0.2, -0.15) is 0 Å². The van der Waals surface area contributed by atoms with Gasteiger partial charge in [-0.3, -0.25) is 14.4 Å². The van der Waals surface area contributed by atoms with E-state index in [1.54, 1.807) is 24.1 Å². The first-order valence-corrected chi connectivity index (χ1v) is 8.85. The molecule has 0 aliphatic carbocycles. The number of carbonyl (C=O) groups excluding carboxylic acids is 2. The van der Waals surface area contributed by atoms with Gasteiger partial charge >= 0.3 is 5.97 Å². The zero-order chi connectivity index (χ0) is 19.3. The Kier molecular flexibility index (Phi) is 6.60. The average Bonchev–Trinajstić information content (AvgIpc) is 2.96. The van der Waals surface area contributed by atoms with Crippen molar-refractivity contribution < 1.29 is 24.2 Å². The third-order valence-corrected chi connectivity index (χ3v) is 4.71. The van der Waals surface area contributed by atoms with Crippen molar-refractivity contribution in [3.63, 3.8) is 0 Å². The fourth-order valence-electron chi connectivity index (χ4n) is 3.21. The van der Waals surface area contributed by atoms with Gasteiger partial charge in [-0.05, 0) is 31.0 Å². The zero-order valence-electron chi connectivity index (χ0n) is 15.4. The molecule has 0 aromatic heterocycles. The summed E-state index contributed by atoms with van der Waals surface area (Å²) in [6, 6.07) is 5.89. The number of hydrogen-bond acceptors (Lipinski definition) is 4. The molecule has 0 radical (unpaired) electrons. The van der Waals surface area contributed by atoms with Gasteiger partial charge in [0.2, 0.25) is 11.8 Å². The highest BCUT2D eigenvalue weighted by Crippen LogP contribution is 2.39. The average molecular weight is 362 g/mol. The number of rotatable bonds is 8. The number of ether oxygens (including phenoxy) is 1. The van der Waals surface area contributed by atoms with E-state index in [4.69, 9.17) is 9.84 Å². The van der Waals surface area contributed by atoms with Crippen LogP contribution in [0.4, 0.5) is 0 Å². The molecule has 2 amide bonds. The summed E-state index contributed by atoms with van der Waals surface area (Å²) in [5.74, 6) is -1.52. The number of methoxy groups -OCH3 is 1. The predicted molar refractivity (Wildman–Crippen MR) is 95.7 cm³/mol. The third-order valence-electron chi connectivity index (χ3n) is 4.71. The van der Waals surface area contributed by atoms with Crippen LogP contribution in [0.15, 0.2) is 24.3 Å². The Morgan fingerprint density at radius 2 is 2.00 bits per heavy atom. The number of amides is 2. The fourth-order valence-corrected chi connectivity index (χ4v) is 3.21. The number of carbonyl (C=O) groups is 3. The molecular weight excluding hydrogens is 336 g/mol. The summed E-state index contributed by atoms with van der Waals surface area (Å²) in [6.45, 7) is 4.03. The molecule has 1 aliphatic rings. The highest BCUT2D eigenvalue weighted by molar-refractivity contribution is 5.92. The van der Waals surface area contributed by atoms with E-state index in [1.165, 1.54) is 6.92 Å². The van der Waals surface area contributed by atoms with Crippen LogP contribution in [0.3, 0.4) is 0 Å². The van der Waals surface area contributed by atoms with Crippen molar-refractivity contribution in [3.8, 4) is 5.75 Å². The maximum atomic E-state index is 12.7. The lowest BCUT2D eigenvalue weighted by Crippen LogP contribution is -2.43. The van der Waals surface area contributed by atoms with Gasteiger partial charge in [0, 0.05) is 13.0 Å². The van der Waals surface area contributed by atoms with Gasteiger partial charge in [0.15, 0.2) is 0 Å². The molecule has 2 unspecified atom stereocenters. The van der Waals surface area contributed by atoms with Crippen LogP contribution < -0.4 is 10.1 Å². The van der Waals surface area contributed by atoms with Crippen LogP contribution in [0.1, 0.15) is 44.7 Å². The maximum Gasteiger partial charge on any atom is 0.325 e. The Morgan fingerprint density at radius 1 is 1.35 bits per heavy atom. The second-order valence-electron chi connectivity index (χ2n) is 6.54. The second-order valence-corrected chi connectivity index (χ2v) is 6.54. The Morgan fingerprint density at radius 3 is 2.54 bits per heavy atom. The highest BCUT2D eigenvalue weighted by Gasteiger charge is 2.44. The predicted octanol–water partition coefficient (Wildman–Crippen LogP) is 1.97. The van der Waals surface area contributed by atoms with E-state index >= 15 is 0 Å². The minimum Gasteiger partial charge on any atom is -0.497 e. The van der Waals surface area contributed by atoms with E-state index in [9.17, 15) is 14.4 Å². The number of carboxylic acid groups (broad SMARTS) is 1. The minimum absolute atomic E-state index is 0.0811. The van der Waals surface area contributed by atoms with E-state index < -0.39 is 29.9 Å². The molecule has 2 N–H and O–H groups in total. The smallest absolute Gasteiger partial charge is 0.325 e. The monoisotopic (exact) mass is 362 g/mol. The van der Waals surface area contributed by atoms with Gasteiger partial charge in [0.25, 0.3) is 0 Å². The molecule has 1 aliphatic heterocycles. The van der Waals surface area contributed by atoms with Crippen LogP contribution in [0.5, 0.6) is 5.75 Å². The van der Waals surface area contributed by atoms with Gasteiger partial charge < -0.3 is 20.1 Å². The van der Waals surface area contributed by atoms with Crippen LogP contribution >= 0.6 is 0 Å². The van der Waals surface area contributed by atoms with Crippen molar-refractivity contribution in [2.45, 2.75) is 45.2 Å². The summed E-state index contributed by atoms with van der Waals surface area (Å²) >= 11 is 0. The largest absolute Gasteiger partial charge is 0.497 e. The Balaban J connectivity index is 2.30. The first-order chi connectivity index (χ1) is 12.4. The molecule has 26 heavy (non-hydrogen) atoms. The lowest BCUT2D eigenvalue weighted by atomic mass is 9.92. The highest BCUT2D eigenvalue weighted by atomic mass is 16.5. The molecule has 1 saturated heterocycles. The van der Waals surface area contributed by atoms with Gasteiger partial charge in [-0.15, -0.1) is 0 Å². The standard InChI is InChI=1S/C19H26N2O5/c1-4-5-10-21-16(22)11-15(18(23)20-12(2)19(24)25)17(21)13-6-8-14(26-3)9-7-13/h6-9,12,15,17H,4-5,10-11H2,1-3H3,(H,20,23)(H,24,25)/t12-,15?,17?/m1/s1. The van der Waals surface area contributed by atoms with Crippen LogP contribution in [0.2, 0.25) is 0 Å².